The Labute approximate surface area is 115 Å². The number of fused-ring (bicyclic) bond motifs is 1. The zero-order valence-corrected chi connectivity index (χ0v) is 13.0. The van der Waals surface area contributed by atoms with Crippen LogP contribution in [-0.4, -0.2) is 14.7 Å². The minimum atomic E-state index is 0.554. The second-order valence-corrected chi connectivity index (χ2v) is 5.98. The van der Waals surface area contributed by atoms with Gasteiger partial charge in [-0.2, -0.15) is 0 Å². The van der Waals surface area contributed by atoms with Gasteiger partial charge in [-0.1, -0.05) is 35.4 Å². The van der Waals surface area contributed by atoms with Crippen LogP contribution in [0.15, 0.2) is 11.0 Å². The summed E-state index contributed by atoms with van der Waals surface area (Å²) in [5.74, 6) is 0.554. The van der Waals surface area contributed by atoms with Gasteiger partial charge in [-0.3, -0.25) is 4.40 Å². The first-order chi connectivity index (χ1) is 8.04. The predicted molar refractivity (Wildman–Crippen MR) is 79.2 cm³/mol. The Bertz CT molecular complexity index is 563. The summed E-state index contributed by atoms with van der Waals surface area (Å²) >= 11 is 5.27. The van der Waals surface area contributed by atoms with Crippen molar-refractivity contribution in [2.24, 2.45) is 5.92 Å². The maximum absolute atomic E-state index is 4.60. The van der Waals surface area contributed by atoms with E-state index < -0.39 is 0 Å². The molecule has 4 heteroatoms. The van der Waals surface area contributed by atoms with Gasteiger partial charge in [0, 0.05) is 16.4 Å². The zero-order chi connectivity index (χ0) is 12.6. The monoisotopic (exact) mass is 312 g/mol. The first-order valence-electron chi connectivity index (χ1n) is 5.74. The molecule has 0 aliphatic heterocycles. The SMILES string of the molecule is Cc1nc2scc(C)n2c1C=C(CBr)C(C)C. The summed E-state index contributed by atoms with van der Waals surface area (Å²) in [5, 5.41) is 3.07. The highest BCUT2D eigenvalue weighted by Gasteiger charge is 2.11. The minimum absolute atomic E-state index is 0.554. The van der Waals surface area contributed by atoms with Crippen molar-refractivity contribution in [2.45, 2.75) is 27.7 Å². The third-order valence-electron chi connectivity index (χ3n) is 2.97. The molecule has 2 aromatic rings. The van der Waals surface area contributed by atoms with Gasteiger partial charge in [0.15, 0.2) is 4.96 Å². The van der Waals surface area contributed by atoms with Crippen LogP contribution in [0.4, 0.5) is 0 Å². The second kappa shape index (κ2) is 4.94. The van der Waals surface area contributed by atoms with Crippen LogP contribution in [0, 0.1) is 19.8 Å². The van der Waals surface area contributed by atoms with Crippen LogP contribution in [-0.2, 0) is 0 Å². The Kier molecular flexibility index (Phi) is 3.73. The molecule has 0 unspecified atom stereocenters. The number of hydrogen-bond acceptors (Lipinski definition) is 2. The van der Waals surface area contributed by atoms with Crippen LogP contribution in [0.2, 0.25) is 0 Å². The van der Waals surface area contributed by atoms with Crippen molar-refractivity contribution >= 4 is 38.3 Å². The van der Waals surface area contributed by atoms with Crippen molar-refractivity contribution in [2.75, 3.05) is 5.33 Å². The lowest BCUT2D eigenvalue weighted by Gasteiger charge is -2.08. The molecular formula is C13H17BrN2S. The Morgan fingerprint density at radius 1 is 1.53 bits per heavy atom. The number of alkyl halides is 1. The fourth-order valence-electron chi connectivity index (χ4n) is 1.83. The van der Waals surface area contributed by atoms with Gasteiger partial charge in [0.25, 0.3) is 0 Å². The molecule has 0 radical (unpaired) electrons. The fourth-order valence-corrected chi connectivity index (χ4v) is 3.56. The average Bonchev–Trinajstić information content (AvgIpc) is 2.76. The molecule has 0 aromatic carbocycles. The van der Waals surface area contributed by atoms with Gasteiger partial charge in [-0.05, 0) is 25.8 Å². The molecule has 0 spiro atoms. The number of aryl methyl sites for hydroxylation is 2. The first-order valence-corrected chi connectivity index (χ1v) is 7.74. The molecule has 2 aromatic heterocycles. The lowest BCUT2D eigenvalue weighted by molar-refractivity contribution is 0.780. The van der Waals surface area contributed by atoms with Gasteiger partial charge in [0.05, 0.1) is 11.4 Å². The molecule has 0 saturated carbocycles. The molecule has 0 aliphatic rings. The van der Waals surface area contributed by atoms with Crippen molar-refractivity contribution < 1.29 is 0 Å². The van der Waals surface area contributed by atoms with E-state index in [0.29, 0.717) is 5.92 Å². The number of rotatable bonds is 3. The van der Waals surface area contributed by atoms with E-state index in [0.717, 1.165) is 16.0 Å². The van der Waals surface area contributed by atoms with Gasteiger partial charge >= 0.3 is 0 Å². The summed E-state index contributed by atoms with van der Waals surface area (Å²) < 4.78 is 2.24. The van der Waals surface area contributed by atoms with Crippen molar-refractivity contribution in [1.29, 1.82) is 0 Å². The Balaban J connectivity index is 2.61. The molecule has 2 heterocycles. The quantitative estimate of drug-likeness (QED) is 0.765. The molecule has 0 saturated heterocycles. The van der Waals surface area contributed by atoms with Crippen molar-refractivity contribution in [3.05, 3.63) is 28.0 Å². The summed E-state index contributed by atoms with van der Waals surface area (Å²) in [6, 6.07) is 0. The van der Waals surface area contributed by atoms with E-state index >= 15 is 0 Å². The highest BCUT2D eigenvalue weighted by atomic mass is 79.9. The number of allylic oxidation sites excluding steroid dienone is 1. The summed E-state index contributed by atoms with van der Waals surface area (Å²) in [7, 11) is 0. The van der Waals surface area contributed by atoms with Crippen LogP contribution < -0.4 is 0 Å². The van der Waals surface area contributed by atoms with Crippen molar-refractivity contribution in [1.82, 2.24) is 9.38 Å². The summed E-state index contributed by atoms with van der Waals surface area (Å²) in [6.45, 7) is 8.66. The number of aromatic nitrogens is 2. The molecule has 92 valence electrons. The van der Waals surface area contributed by atoms with Crippen LogP contribution >= 0.6 is 27.3 Å². The average molecular weight is 313 g/mol. The van der Waals surface area contributed by atoms with Gasteiger partial charge in [0.2, 0.25) is 0 Å². The third-order valence-corrected chi connectivity index (χ3v) is 4.56. The highest BCUT2D eigenvalue weighted by molar-refractivity contribution is 9.09. The van der Waals surface area contributed by atoms with E-state index in [1.165, 1.54) is 17.0 Å². The van der Waals surface area contributed by atoms with Crippen molar-refractivity contribution in [3.8, 4) is 0 Å². The van der Waals surface area contributed by atoms with Gasteiger partial charge in [-0.15, -0.1) is 11.3 Å². The largest absolute Gasteiger partial charge is 0.288 e. The third kappa shape index (κ3) is 2.33. The normalized spacial score (nSPS) is 12.9. The molecule has 0 amide bonds. The molecule has 0 bridgehead atoms. The Morgan fingerprint density at radius 3 is 2.82 bits per heavy atom. The van der Waals surface area contributed by atoms with Gasteiger partial charge in [-0.25, -0.2) is 4.98 Å². The predicted octanol–water partition coefficient (Wildman–Crippen LogP) is 4.45. The molecular weight excluding hydrogens is 296 g/mol. The van der Waals surface area contributed by atoms with E-state index in [9.17, 15) is 0 Å². The molecule has 17 heavy (non-hydrogen) atoms. The van der Waals surface area contributed by atoms with E-state index in [1.54, 1.807) is 11.3 Å². The molecule has 0 atom stereocenters. The van der Waals surface area contributed by atoms with Crippen LogP contribution in [0.1, 0.15) is 30.9 Å². The van der Waals surface area contributed by atoms with Gasteiger partial charge < -0.3 is 0 Å². The standard InChI is InChI=1S/C13H17BrN2S/c1-8(2)11(6-14)5-12-10(4)15-13-16(12)9(3)7-17-13/h5,7-8H,6H2,1-4H3. The number of imidazole rings is 1. The summed E-state index contributed by atoms with van der Waals surface area (Å²) in [5.41, 5.74) is 5.00. The molecule has 0 aliphatic carbocycles. The van der Waals surface area contributed by atoms with Crippen molar-refractivity contribution in [3.63, 3.8) is 0 Å². The molecule has 2 nitrogen and oxygen atoms in total. The maximum atomic E-state index is 4.60. The summed E-state index contributed by atoms with van der Waals surface area (Å²) in [6.07, 6.45) is 2.27. The van der Waals surface area contributed by atoms with Crippen LogP contribution in [0.5, 0.6) is 0 Å². The Hall–Kier alpha value is -0.610. The lowest BCUT2D eigenvalue weighted by atomic mass is 10.0. The second-order valence-electron chi connectivity index (χ2n) is 4.59. The van der Waals surface area contributed by atoms with Crippen LogP contribution in [0.25, 0.3) is 11.0 Å². The molecule has 0 N–H and O–H groups in total. The molecule has 0 fully saturated rings. The zero-order valence-electron chi connectivity index (χ0n) is 10.6. The van der Waals surface area contributed by atoms with E-state index in [1.807, 2.05) is 0 Å². The number of thiazole rings is 1. The highest BCUT2D eigenvalue weighted by Crippen LogP contribution is 2.24. The fraction of sp³-hybridized carbons (Fsp3) is 0.462. The number of hydrogen-bond donors (Lipinski definition) is 0. The topological polar surface area (TPSA) is 17.3 Å². The minimum Gasteiger partial charge on any atom is -0.288 e. The number of halogens is 1. The molecule has 2 rings (SSSR count). The van der Waals surface area contributed by atoms with E-state index in [-0.39, 0.29) is 0 Å². The van der Waals surface area contributed by atoms with E-state index in [4.69, 9.17) is 0 Å². The first kappa shape index (κ1) is 12.8. The summed E-state index contributed by atoms with van der Waals surface area (Å²) in [4.78, 5) is 5.69. The van der Waals surface area contributed by atoms with Crippen LogP contribution in [0.3, 0.4) is 0 Å². The Morgan fingerprint density at radius 2 is 2.24 bits per heavy atom. The van der Waals surface area contributed by atoms with Gasteiger partial charge in [0.1, 0.15) is 0 Å². The lowest BCUT2D eigenvalue weighted by Crippen LogP contribution is -1.97. The smallest absolute Gasteiger partial charge is 0.194 e. The number of nitrogens with zero attached hydrogens (tertiary/aromatic N) is 2. The maximum Gasteiger partial charge on any atom is 0.194 e. The van der Waals surface area contributed by atoms with E-state index in [2.05, 4.69) is 64.5 Å².